The van der Waals surface area contributed by atoms with E-state index in [-0.39, 0.29) is 27.4 Å². The van der Waals surface area contributed by atoms with E-state index >= 15 is 0 Å². The van der Waals surface area contributed by atoms with Gasteiger partial charge in [0.2, 0.25) is 10.0 Å². The van der Waals surface area contributed by atoms with E-state index in [1.54, 1.807) is 13.8 Å². The monoisotopic (exact) mass is 417 g/mol. The smallest absolute Gasteiger partial charge is 0.252 e. The Morgan fingerprint density at radius 2 is 1.63 bits per heavy atom. The molecule has 0 fully saturated rings. The molecule has 0 spiro atoms. The van der Waals surface area contributed by atoms with Gasteiger partial charge in [0, 0.05) is 38.3 Å². The summed E-state index contributed by atoms with van der Waals surface area (Å²) >= 11 is 6.15. The third-order valence-electron chi connectivity index (χ3n) is 4.57. The molecular formula is C19H32ClN3O3S. The molecule has 0 unspecified atom stereocenters. The Balaban J connectivity index is 2.96. The van der Waals surface area contributed by atoms with Crippen molar-refractivity contribution in [3.05, 3.63) is 28.8 Å². The predicted molar refractivity (Wildman–Crippen MR) is 111 cm³/mol. The zero-order chi connectivity index (χ0) is 20.9. The van der Waals surface area contributed by atoms with E-state index < -0.39 is 10.0 Å². The average Bonchev–Trinajstić information content (AvgIpc) is 2.56. The first-order valence-electron chi connectivity index (χ1n) is 9.21. The van der Waals surface area contributed by atoms with E-state index in [1.165, 1.54) is 29.6 Å². The maximum absolute atomic E-state index is 12.7. The molecule has 0 heterocycles. The van der Waals surface area contributed by atoms with Gasteiger partial charge in [0.25, 0.3) is 5.91 Å². The Bertz CT molecular complexity index is 741. The van der Waals surface area contributed by atoms with E-state index in [9.17, 15) is 13.2 Å². The number of sulfonamides is 1. The molecule has 0 aliphatic rings. The lowest BCUT2D eigenvalue weighted by Gasteiger charge is -2.30. The standard InChI is InChI=1S/C19H32ClN3O3S/c1-13(2)22(7)27(25,26)16-8-9-18(20)17(12-16)19(24)21-10-11-23(14(3)4)15(5)6/h8-9,12-15H,10-11H2,1-7H3,(H,21,24). The molecule has 1 amide bonds. The minimum absolute atomic E-state index is 0.0548. The van der Waals surface area contributed by atoms with Gasteiger partial charge in [0.15, 0.2) is 0 Å². The number of amides is 1. The summed E-state index contributed by atoms with van der Waals surface area (Å²) in [6.45, 7) is 13.2. The fraction of sp³-hybridized carbons (Fsp3) is 0.632. The Kier molecular flexibility index (Phi) is 8.73. The van der Waals surface area contributed by atoms with Crippen LogP contribution in [0.5, 0.6) is 0 Å². The highest BCUT2D eigenvalue weighted by atomic mass is 35.5. The molecular weight excluding hydrogens is 386 g/mol. The number of carbonyl (C=O) groups is 1. The molecule has 1 N–H and O–H groups in total. The number of rotatable bonds is 9. The SMILES string of the molecule is CC(C)N(CCNC(=O)c1cc(S(=O)(=O)N(C)C(C)C)ccc1Cl)C(C)C. The van der Waals surface area contributed by atoms with Gasteiger partial charge < -0.3 is 5.32 Å². The van der Waals surface area contributed by atoms with Crippen LogP contribution < -0.4 is 5.32 Å². The molecule has 1 aromatic carbocycles. The maximum atomic E-state index is 12.7. The first kappa shape index (κ1) is 23.9. The highest BCUT2D eigenvalue weighted by molar-refractivity contribution is 7.89. The quantitative estimate of drug-likeness (QED) is 0.669. The van der Waals surface area contributed by atoms with Gasteiger partial charge in [-0.05, 0) is 59.7 Å². The summed E-state index contributed by atoms with van der Waals surface area (Å²) in [7, 11) is -2.17. The molecule has 27 heavy (non-hydrogen) atoms. The van der Waals surface area contributed by atoms with Gasteiger partial charge in [-0.3, -0.25) is 9.69 Å². The Morgan fingerprint density at radius 3 is 2.11 bits per heavy atom. The van der Waals surface area contributed by atoms with Gasteiger partial charge in [-0.25, -0.2) is 8.42 Å². The van der Waals surface area contributed by atoms with Crippen molar-refractivity contribution >= 4 is 27.5 Å². The van der Waals surface area contributed by atoms with Crippen LogP contribution in [0.1, 0.15) is 51.9 Å². The van der Waals surface area contributed by atoms with Crippen LogP contribution in [0.2, 0.25) is 5.02 Å². The lowest BCUT2D eigenvalue weighted by Crippen LogP contribution is -2.42. The number of halogens is 1. The molecule has 6 nitrogen and oxygen atoms in total. The van der Waals surface area contributed by atoms with Crippen LogP contribution in [-0.2, 0) is 10.0 Å². The van der Waals surface area contributed by atoms with Gasteiger partial charge in [0.05, 0.1) is 15.5 Å². The summed E-state index contributed by atoms with van der Waals surface area (Å²) in [5.41, 5.74) is 0.163. The summed E-state index contributed by atoms with van der Waals surface area (Å²) in [6.07, 6.45) is 0. The van der Waals surface area contributed by atoms with Gasteiger partial charge >= 0.3 is 0 Å². The van der Waals surface area contributed by atoms with E-state index in [2.05, 4.69) is 37.9 Å². The molecule has 0 aromatic heterocycles. The first-order valence-corrected chi connectivity index (χ1v) is 11.0. The van der Waals surface area contributed by atoms with Crippen LogP contribution in [0.15, 0.2) is 23.1 Å². The van der Waals surface area contributed by atoms with Crippen LogP contribution >= 0.6 is 11.6 Å². The van der Waals surface area contributed by atoms with Crippen LogP contribution in [0.25, 0.3) is 0 Å². The average molecular weight is 418 g/mol. The molecule has 154 valence electrons. The van der Waals surface area contributed by atoms with Gasteiger partial charge in [-0.2, -0.15) is 4.31 Å². The highest BCUT2D eigenvalue weighted by Gasteiger charge is 2.25. The highest BCUT2D eigenvalue weighted by Crippen LogP contribution is 2.23. The summed E-state index contributed by atoms with van der Waals surface area (Å²) < 4.78 is 26.6. The molecule has 0 saturated heterocycles. The molecule has 1 rings (SSSR count). The fourth-order valence-corrected chi connectivity index (χ4v) is 4.39. The Morgan fingerprint density at radius 1 is 1.07 bits per heavy atom. The van der Waals surface area contributed by atoms with Crippen LogP contribution in [0.3, 0.4) is 0 Å². The molecule has 0 aliphatic carbocycles. The van der Waals surface area contributed by atoms with Gasteiger partial charge in [0.1, 0.15) is 0 Å². The van der Waals surface area contributed by atoms with Crippen molar-refractivity contribution in [2.75, 3.05) is 20.1 Å². The van der Waals surface area contributed by atoms with E-state index in [1.807, 2.05) is 0 Å². The molecule has 0 radical (unpaired) electrons. The first-order chi connectivity index (χ1) is 12.4. The molecule has 0 bridgehead atoms. The lowest BCUT2D eigenvalue weighted by molar-refractivity contribution is 0.0939. The van der Waals surface area contributed by atoms with Crippen LogP contribution in [0.4, 0.5) is 0 Å². The van der Waals surface area contributed by atoms with Crippen molar-refractivity contribution < 1.29 is 13.2 Å². The second-order valence-corrected chi connectivity index (χ2v) is 9.84. The van der Waals surface area contributed by atoms with Crippen molar-refractivity contribution in [2.45, 2.75) is 64.6 Å². The van der Waals surface area contributed by atoms with E-state index in [4.69, 9.17) is 11.6 Å². The van der Waals surface area contributed by atoms with Crippen molar-refractivity contribution in [3.63, 3.8) is 0 Å². The second kappa shape index (κ2) is 9.87. The normalized spacial score (nSPS) is 12.6. The summed E-state index contributed by atoms with van der Waals surface area (Å²) in [5, 5.41) is 3.06. The molecule has 0 saturated carbocycles. The van der Waals surface area contributed by atoms with Crippen molar-refractivity contribution in [3.8, 4) is 0 Å². The van der Waals surface area contributed by atoms with E-state index in [0.29, 0.717) is 25.2 Å². The molecule has 8 heteroatoms. The fourth-order valence-electron chi connectivity index (χ4n) is 2.79. The molecule has 0 aliphatic heterocycles. The van der Waals surface area contributed by atoms with Crippen LogP contribution in [-0.4, -0.2) is 61.8 Å². The minimum atomic E-state index is -3.68. The zero-order valence-electron chi connectivity index (χ0n) is 17.3. The van der Waals surface area contributed by atoms with Gasteiger partial charge in [-0.1, -0.05) is 11.6 Å². The zero-order valence-corrected chi connectivity index (χ0v) is 18.9. The molecule has 0 atom stereocenters. The Labute approximate surface area is 168 Å². The van der Waals surface area contributed by atoms with Crippen molar-refractivity contribution in [1.82, 2.24) is 14.5 Å². The topological polar surface area (TPSA) is 69.7 Å². The van der Waals surface area contributed by atoms with E-state index in [0.717, 1.165) is 0 Å². The number of benzene rings is 1. The second-order valence-electron chi connectivity index (χ2n) is 7.44. The largest absolute Gasteiger partial charge is 0.351 e. The summed E-state index contributed by atoms with van der Waals surface area (Å²) in [4.78, 5) is 14.9. The summed E-state index contributed by atoms with van der Waals surface area (Å²) in [5.74, 6) is -0.378. The minimum Gasteiger partial charge on any atom is -0.351 e. The van der Waals surface area contributed by atoms with Gasteiger partial charge in [-0.15, -0.1) is 0 Å². The number of nitrogens with one attached hydrogen (secondary N) is 1. The van der Waals surface area contributed by atoms with Crippen molar-refractivity contribution in [2.24, 2.45) is 0 Å². The van der Waals surface area contributed by atoms with Crippen LogP contribution in [0, 0.1) is 0 Å². The van der Waals surface area contributed by atoms with Crippen molar-refractivity contribution in [1.29, 1.82) is 0 Å². The number of hydrogen-bond donors (Lipinski definition) is 1. The lowest BCUT2D eigenvalue weighted by atomic mass is 10.2. The molecule has 1 aromatic rings. The predicted octanol–water partition coefficient (Wildman–Crippen LogP) is 3.22. The number of hydrogen-bond acceptors (Lipinski definition) is 4. The summed E-state index contributed by atoms with van der Waals surface area (Å²) in [6, 6.07) is 4.75. The third kappa shape index (κ3) is 6.17. The maximum Gasteiger partial charge on any atom is 0.252 e. The number of nitrogens with zero attached hydrogens (tertiary/aromatic N) is 2. The third-order valence-corrected chi connectivity index (χ3v) is 6.93. The Hall–Kier alpha value is -1.15. The number of carbonyl (C=O) groups excluding carboxylic acids is 1.